The predicted octanol–water partition coefficient (Wildman–Crippen LogP) is 6.36. The van der Waals surface area contributed by atoms with Crippen molar-refractivity contribution in [3.63, 3.8) is 0 Å². The number of benzene rings is 3. The number of hydrogen-bond acceptors (Lipinski definition) is 5. The van der Waals surface area contributed by atoms with Gasteiger partial charge in [-0.25, -0.2) is 8.42 Å². The van der Waals surface area contributed by atoms with Crippen molar-refractivity contribution in [1.82, 2.24) is 9.62 Å². The van der Waals surface area contributed by atoms with Crippen LogP contribution in [0.25, 0.3) is 0 Å². The van der Waals surface area contributed by atoms with Gasteiger partial charge >= 0.3 is 0 Å². The molecule has 0 bridgehead atoms. The minimum Gasteiger partial charge on any atom is -0.493 e. The zero-order valence-corrected chi connectivity index (χ0v) is 24.0. The van der Waals surface area contributed by atoms with Crippen molar-refractivity contribution >= 4 is 39.1 Å². The van der Waals surface area contributed by atoms with Crippen LogP contribution in [-0.4, -0.2) is 38.3 Å². The van der Waals surface area contributed by atoms with Gasteiger partial charge in [-0.1, -0.05) is 47.5 Å². The number of nitrogens with one attached hydrogen (secondary N) is 1. The van der Waals surface area contributed by atoms with Crippen LogP contribution >= 0.6 is 23.2 Å². The van der Waals surface area contributed by atoms with Crippen LogP contribution in [0.3, 0.4) is 0 Å². The van der Waals surface area contributed by atoms with Crippen LogP contribution in [0, 0.1) is 0 Å². The molecule has 2 aliphatic heterocycles. The molecule has 6 nitrogen and oxygen atoms in total. The fourth-order valence-electron chi connectivity index (χ4n) is 5.33. The molecule has 9 heteroatoms. The van der Waals surface area contributed by atoms with Crippen molar-refractivity contribution in [1.29, 1.82) is 0 Å². The molecule has 3 aromatic carbocycles. The van der Waals surface area contributed by atoms with Gasteiger partial charge in [0.25, 0.3) is 0 Å². The second kappa shape index (κ2) is 10.2. The van der Waals surface area contributed by atoms with Gasteiger partial charge in [0.05, 0.1) is 22.6 Å². The number of halogens is 2. The first-order valence-electron chi connectivity index (χ1n) is 12.8. The number of hydrogen-bond donors (Lipinski definition) is 1. The van der Waals surface area contributed by atoms with E-state index in [1.807, 2.05) is 55.5 Å². The molecule has 0 aromatic heterocycles. The second-order valence-electron chi connectivity index (χ2n) is 10.00. The molecule has 0 spiro atoms. The minimum atomic E-state index is -3.63. The van der Waals surface area contributed by atoms with Crippen molar-refractivity contribution in [3.05, 3.63) is 93.5 Å². The van der Waals surface area contributed by atoms with Gasteiger partial charge < -0.3 is 10.1 Å². The summed E-state index contributed by atoms with van der Waals surface area (Å²) in [6.45, 7) is 7.56. The van der Waals surface area contributed by atoms with E-state index in [0.29, 0.717) is 46.9 Å². The van der Waals surface area contributed by atoms with E-state index in [0.717, 1.165) is 24.0 Å². The monoisotopic (exact) mass is 571 g/mol. The van der Waals surface area contributed by atoms with E-state index in [9.17, 15) is 8.42 Å². The first-order valence-corrected chi connectivity index (χ1v) is 15.0. The molecular weight excluding hydrogens is 541 g/mol. The number of aliphatic imine (C=N–C) groups is 1. The largest absolute Gasteiger partial charge is 0.493 e. The van der Waals surface area contributed by atoms with Crippen LogP contribution in [-0.2, 0) is 21.1 Å². The summed E-state index contributed by atoms with van der Waals surface area (Å²) in [6, 6.07) is 20.4. The predicted molar refractivity (Wildman–Crippen MR) is 153 cm³/mol. The Bertz CT molecular complexity index is 1470. The molecule has 0 unspecified atom stereocenters. The Morgan fingerprint density at radius 1 is 0.921 bits per heavy atom. The molecule has 38 heavy (non-hydrogen) atoms. The molecule has 0 radical (unpaired) electrons. The van der Waals surface area contributed by atoms with Gasteiger partial charge in [0, 0.05) is 23.1 Å². The standard InChI is InChI=1S/C29H31Cl2N3O3S/c1-4-37-26-16-15-24(38(35,36)34-17-5-6-18-34)19-25(26)27-32-28(2,20-7-11-22(30)12-8-20)29(3,33-27)21-9-13-23(31)14-10-21/h7-16,19H,4-6,17-18H2,1-3H3,(H,32,33)/t28-,29+. The molecule has 1 fully saturated rings. The first-order chi connectivity index (χ1) is 18.1. The Hall–Kier alpha value is -2.58. The highest BCUT2D eigenvalue weighted by molar-refractivity contribution is 7.89. The molecule has 2 heterocycles. The highest BCUT2D eigenvalue weighted by atomic mass is 35.5. The molecule has 1 saturated heterocycles. The Kier molecular flexibility index (Phi) is 7.24. The maximum atomic E-state index is 13.4. The quantitative estimate of drug-likeness (QED) is 0.358. The zero-order valence-electron chi connectivity index (χ0n) is 21.7. The molecule has 0 amide bonds. The minimum absolute atomic E-state index is 0.232. The summed E-state index contributed by atoms with van der Waals surface area (Å²) in [5.41, 5.74) is 1.07. The van der Waals surface area contributed by atoms with Crippen LogP contribution < -0.4 is 10.1 Å². The molecule has 5 rings (SSSR count). The van der Waals surface area contributed by atoms with E-state index in [2.05, 4.69) is 19.2 Å². The Labute approximate surface area is 234 Å². The lowest BCUT2D eigenvalue weighted by Crippen LogP contribution is -2.50. The van der Waals surface area contributed by atoms with Crippen LogP contribution in [0.5, 0.6) is 5.75 Å². The summed E-state index contributed by atoms with van der Waals surface area (Å²) in [5.74, 6) is 1.12. The van der Waals surface area contributed by atoms with Crippen molar-refractivity contribution in [3.8, 4) is 5.75 Å². The third-order valence-corrected chi connectivity index (χ3v) is 10.1. The number of rotatable bonds is 7. The van der Waals surface area contributed by atoms with Crippen LogP contribution in [0.2, 0.25) is 10.0 Å². The van der Waals surface area contributed by atoms with Crippen molar-refractivity contribution < 1.29 is 13.2 Å². The van der Waals surface area contributed by atoms with E-state index in [4.69, 9.17) is 32.9 Å². The maximum absolute atomic E-state index is 13.4. The van der Waals surface area contributed by atoms with Gasteiger partial charge in [0.1, 0.15) is 17.1 Å². The normalized spacial score (nSPS) is 23.8. The smallest absolute Gasteiger partial charge is 0.243 e. The van der Waals surface area contributed by atoms with Crippen LogP contribution in [0.15, 0.2) is 76.6 Å². The Balaban J connectivity index is 1.68. The Morgan fingerprint density at radius 2 is 1.50 bits per heavy atom. The number of amidine groups is 1. The highest BCUT2D eigenvalue weighted by Gasteiger charge is 2.52. The lowest BCUT2D eigenvalue weighted by atomic mass is 9.72. The topological polar surface area (TPSA) is 71.0 Å². The lowest BCUT2D eigenvalue weighted by molar-refractivity contribution is 0.268. The SMILES string of the molecule is CCOc1ccc(S(=O)(=O)N2CCCC2)cc1C1=N[C@](C)(c2ccc(Cl)cc2)[C@](C)(c2ccc(Cl)cc2)N1. The van der Waals surface area contributed by atoms with E-state index in [1.54, 1.807) is 22.5 Å². The third kappa shape index (κ3) is 4.60. The van der Waals surface area contributed by atoms with Gasteiger partial charge in [-0.2, -0.15) is 4.31 Å². The highest BCUT2D eigenvalue weighted by Crippen LogP contribution is 2.48. The van der Waals surface area contributed by atoms with Gasteiger partial charge in [-0.15, -0.1) is 0 Å². The van der Waals surface area contributed by atoms with Crippen LogP contribution in [0.1, 0.15) is 50.3 Å². The lowest BCUT2D eigenvalue weighted by Gasteiger charge is -2.40. The van der Waals surface area contributed by atoms with E-state index in [1.165, 1.54) is 0 Å². The van der Waals surface area contributed by atoms with E-state index >= 15 is 0 Å². The second-order valence-corrected chi connectivity index (χ2v) is 12.8. The molecule has 200 valence electrons. The summed E-state index contributed by atoms with van der Waals surface area (Å²) in [5, 5.41) is 4.94. The average Bonchev–Trinajstić information content (AvgIpc) is 3.54. The molecular formula is C29H31Cl2N3O3S. The molecule has 2 aliphatic rings. The van der Waals surface area contributed by atoms with Crippen LogP contribution in [0.4, 0.5) is 0 Å². The van der Waals surface area contributed by atoms with Gasteiger partial charge in [0.2, 0.25) is 10.0 Å². The maximum Gasteiger partial charge on any atom is 0.243 e. The molecule has 0 saturated carbocycles. The first kappa shape index (κ1) is 27.0. The molecule has 2 atom stereocenters. The molecule has 0 aliphatic carbocycles. The third-order valence-electron chi connectivity index (χ3n) is 7.71. The fraction of sp³-hybridized carbons (Fsp3) is 0.345. The van der Waals surface area contributed by atoms with Gasteiger partial charge in [-0.3, -0.25) is 4.99 Å². The van der Waals surface area contributed by atoms with E-state index < -0.39 is 21.1 Å². The molecule has 3 aromatic rings. The van der Waals surface area contributed by atoms with Crippen molar-refractivity contribution in [2.24, 2.45) is 4.99 Å². The summed E-state index contributed by atoms with van der Waals surface area (Å²) in [4.78, 5) is 5.48. The van der Waals surface area contributed by atoms with E-state index in [-0.39, 0.29) is 4.90 Å². The number of sulfonamides is 1. The summed E-state index contributed by atoms with van der Waals surface area (Å²) >= 11 is 12.4. The van der Waals surface area contributed by atoms with Gasteiger partial charge in [-0.05, 0) is 87.2 Å². The number of ether oxygens (including phenoxy) is 1. The summed E-state index contributed by atoms with van der Waals surface area (Å²) in [6.07, 6.45) is 1.74. The average molecular weight is 573 g/mol. The summed E-state index contributed by atoms with van der Waals surface area (Å²) < 4.78 is 34.4. The zero-order chi connectivity index (χ0) is 27.1. The Morgan fingerprint density at radius 3 is 2.08 bits per heavy atom. The van der Waals surface area contributed by atoms with Crippen molar-refractivity contribution in [2.45, 2.75) is 49.6 Å². The molecule has 1 N–H and O–H groups in total. The fourth-order valence-corrected chi connectivity index (χ4v) is 7.12. The number of nitrogens with zero attached hydrogens (tertiary/aromatic N) is 2. The van der Waals surface area contributed by atoms with Gasteiger partial charge in [0.15, 0.2) is 0 Å². The van der Waals surface area contributed by atoms with Crippen molar-refractivity contribution in [2.75, 3.05) is 19.7 Å². The summed E-state index contributed by atoms with van der Waals surface area (Å²) in [7, 11) is -3.63.